The number of carbonyl (C=O) groups excluding carboxylic acids is 1. The number of ether oxygens (including phenoxy) is 2. The van der Waals surface area contributed by atoms with Gasteiger partial charge in [0.25, 0.3) is 0 Å². The lowest BCUT2D eigenvalue weighted by Crippen LogP contribution is -2.16. The summed E-state index contributed by atoms with van der Waals surface area (Å²) in [7, 11) is 3.01. The Morgan fingerprint density at radius 3 is 2.21 bits per heavy atom. The van der Waals surface area contributed by atoms with Crippen molar-refractivity contribution in [2.75, 3.05) is 14.2 Å². The van der Waals surface area contributed by atoms with Crippen LogP contribution in [0, 0.1) is 12.8 Å². The molecule has 0 saturated heterocycles. The highest BCUT2D eigenvalue weighted by atomic mass is 16.5. The topological polar surface area (TPSA) is 72.8 Å². The van der Waals surface area contributed by atoms with Gasteiger partial charge in [-0.2, -0.15) is 0 Å². The highest BCUT2D eigenvalue weighted by molar-refractivity contribution is 6.00. The van der Waals surface area contributed by atoms with Gasteiger partial charge in [0.1, 0.15) is 0 Å². The summed E-state index contributed by atoms with van der Waals surface area (Å²) >= 11 is 0. The van der Waals surface area contributed by atoms with Crippen LogP contribution in [-0.2, 0) is 4.79 Å². The van der Waals surface area contributed by atoms with Gasteiger partial charge in [0.15, 0.2) is 17.3 Å². The molecule has 1 N–H and O–H groups in total. The number of Topliss-reactive ketones (excluding diaryl/α,β-unsaturated/α-hetero) is 1. The fourth-order valence-electron chi connectivity index (χ4n) is 1.87. The van der Waals surface area contributed by atoms with Gasteiger partial charge in [-0.3, -0.25) is 9.59 Å². The standard InChI is InChI=1S/C14H18O5/c1-8-5-11(18-3)12(19-4)7-10(8)14(17)9(2)6-13(15)16/h5,7,9H,6H2,1-4H3,(H,15,16). The van der Waals surface area contributed by atoms with Gasteiger partial charge in [0, 0.05) is 11.5 Å². The van der Waals surface area contributed by atoms with Gasteiger partial charge in [0.05, 0.1) is 20.6 Å². The van der Waals surface area contributed by atoms with E-state index in [4.69, 9.17) is 14.6 Å². The summed E-state index contributed by atoms with van der Waals surface area (Å²) in [4.78, 5) is 22.9. The van der Waals surface area contributed by atoms with Gasteiger partial charge in [-0.1, -0.05) is 6.92 Å². The second kappa shape index (κ2) is 6.22. The lowest BCUT2D eigenvalue weighted by Gasteiger charge is -2.14. The molecule has 0 fully saturated rings. The second-order valence-corrected chi connectivity index (χ2v) is 4.39. The summed E-state index contributed by atoms with van der Waals surface area (Å²) in [6.07, 6.45) is -0.188. The largest absolute Gasteiger partial charge is 0.493 e. The smallest absolute Gasteiger partial charge is 0.304 e. The molecule has 5 nitrogen and oxygen atoms in total. The molecule has 0 bridgehead atoms. The molecule has 1 rings (SSSR count). The monoisotopic (exact) mass is 266 g/mol. The molecule has 0 amide bonds. The Morgan fingerprint density at radius 1 is 1.21 bits per heavy atom. The number of rotatable bonds is 6. The summed E-state index contributed by atoms with van der Waals surface area (Å²) in [5, 5.41) is 8.74. The Labute approximate surface area is 112 Å². The Hall–Kier alpha value is -2.04. The normalized spacial score (nSPS) is 11.8. The van der Waals surface area contributed by atoms with Crippen LogP contribution in [-0.4, -0.2) is 31.1 Å². The number of aryl methyl sites for hydroxylation is 1. The number of aliphatic carboxylic acids is 1. The van der Waals surface area contributed by atoms with Crippen molar-refractivity contribution in [2.24, 2.45) is 5.92 Å². The van der Waals surface area contributed by atoms with Crippen LogP contribution in [0.4, 0.5) is 0 Å². The molecule has 0 aromatic heterocycles. The maximum absolute atomic E-state index is 12.2. The Kier molecular flexibility index (Phi) is 4.92. The Bertz CT molecular complexity index is 493. The summed E-state index contributed by atoms with van der Waals surface area (Å²) < 4.78 is 10.3. The van der Waals surface area contributed by atoms with E-state index >= 15 is 0 Å². The second-order valence-electron chi connectivity index (χ2n) is 4.39. The molecule has 0 saturated carbocycles. The number of carboxylic acids is 1. The maximum Gasteiger partial charge on any atom is 0.304 e. The van der Waals surface area contributed by atoms with Gasteiger partial charge in [-0.05, 0) is 24.6 Å². The zero-order chi connectivity index (χ0) is 14.6. The third-order valence-corrected chi connectivity index (χ3v) is 2.92. The zero-order valence-corrected chi connectivity index (χ0v) is 11.5. The number of hydrogen-bond acceptors (Lipinski definition) is 4. The van der Waals surface area contributed by atoms with E-state index in [0.717, 1.165) is 5.56 Å². The molecule has 19 heavy (non-hydrogen) atoms. The van der Waals surface area contributed by atoms with Gasteiger partial charge >= 0.3 is 5.97 Å². The fourth-order valence-corrected chi connectivity index (χ4v) is 1.87. The molecule has 5 heteroatoms. The van der Waals surface area contributed by atoms with Crippen LogP contribution in [0.2, 0.25) is 0 Å². The van der Waals surface area contributed by atoms with Gasteiger partial charge in [-0.25, -0.2) is 0 Å². The molecule has 1 aromatic rings. The van der Waals surface area contributed by atoms with Crippen molar-refractivity contribution < 1.29 is 24.2 Å². The first-order valence-electron chi connectivity index (χ1n) is 5.89. The lowest BCUT2D eigenvalue weighted by molar-refractivity contribution is -0.137. The van der Waals surface area contributed by atoms with Crippen molar-refractivity contribution in [3.05, 3.63) is 23.3 Å². The van der Waals surface area contributed by atoms with Crippen LogP contribution in [0.1, 0.15) is 29.3 Å². The number of carboxylic acid groups (broad SMARTS) is 1. The van der Waals surface area contributed by atoms with E-state index in [1.807, 2.05) is 0 Å². The third-order valence-electron chi connectivity index (χ3n) is 2.92. The van der Waals surface area contributed by atoms with E-state index in [1.54, 1.807) is 26.0 Å². The van der Waals surface area contributed by atoms with E-state index in [2.05, 4.69) is 0 Å². The first-order chi connectivity index (χ1) is 8.90. The van der Waals surface area contributed by atoms with Crippen molar-refractivity contribution >= 4 is 11.8 Å². The van der Waals surface area contributed by atoms with E-state index in [1.165, 1.54) is 14.2 Å². The molecule has 104 valence electrons. The minimum atomic E-state index is -0.987. The highest BCUT2D eigenvalue weighted by Crippen LogP contribution is 2.31. The molecule has 0 spiro atoms. The molecule has 0 aliphatic rings. The van der Waals surface area contributed by atoms with Crippen molar-refractivity contribution in [1.29, 1.82) is 0 Å². The van der Waals surface area contributed by atoms with Gasteiger partial charge < -0.3 is 14.6 Å². The minimum Gasteiger partial charge on any atom is -0.493 e. The number of hydrogen-bond donors (Lipinski definition) is 1. The van der Waals surface area contributed by atoms with Crippen LogP contribution in [0.3, 0.4) is 0 Å². The Balaban J connectivity index is 3.13. The summed E-state index contributed by atoms with van der Waals surface area (Å²) in [6, 6.07) is 3.30. The van der Waals surface area contributed by atoms with E-state index in [9.17, 15) is 9.59 Å². The predicted octanol–water partition coefficient (Wildman–Crippen LogP) is 2.31. The molecular weight excluding hydrogens is 248 g/mol. The van der Waals surface area contributed by atoms with E-state index < -0.39 is 11.9 Å². The third kappa shape index (κ3) is 3.47. The van der Waals surface area contributed by atoms with Crippen LogP contribution in [0.15, 0.2) is 12.1 Å². The minimum absolute atomic E-state index is 0.188. The number of ketones is 1. The molecule has 1 unspecified atom stereocenters. The number of benzene rings is 1. The summed E-state index contributed by atoms with van der Waals surface area (Å²) in [6.45, 7) is 3.38. The molecule has 1 atom stereocenters. The summed E-state index contributed by atoms with van der Waals surface area (Å²) in [5.41, 5.74) is 1.20. The van der Waals surface area contributed by atoms with Crippen LogP contribution < -0.4 is 9.47 Å². The first kappa shape index (κ1) is 15.0. The van der Waals surface area contributed by atoms with E-state index in [0.29, 0.717) is 17.1 Å². The highest BCUT2D eigenvalue weighted by Gasteiger charge is 2.21. The number of carbonyl (C=O) groups is 2. The Morgan fingerprint density at radius 2 is 1.74 bits per heavy atom. The lowest BCUT2D eigenvalue weighted by atomic mass is 9.93. The molecule has 0 radical (unpaired) electrons. The average molecular weight is 266 g/mol. The predicted molar refractivity (Wildman–Crippen MR) is 70.0 cm³/mol. The molecule has 1 aromatic carbocycles. The van der Waals surface area contributed by atoms with Crippen LogP contribution in [0.5, 0.6) is 11.5 Å². The SMILES string of the molecule is COc1cc(C)c(C(=O)C(C)CC(=O)O)cc1OC. The van der Waals surface area contributed by atoms with E-state index in [-0.39, 0.29) is 12.2 Å². The molecule has 0 aliphatic carbocycles. The zero-order valence-electron chi connectivity index (χ0n) is 11.5. The van der Waals surface area contributed by atoms with Crippen molar-refractivity contribution in [2.45, 2.75) is 20.3 Å². The molecule has 0 heterocycles. The van der Waals surface area contributed by atoms with Crippen molar-refractivity contribution in [3.63, 3.8) is 0 Å². The summed E-state index contributed by atoms with van der Waals surface area (Å²) in [5.74, 6) is -0.768. The maximum atomic E-state index is 12.2. The fraction of sp³-hybridized carbons (Fsp3) is 0.429. The average Bonchev–Trinajstić information content (AvgIpc) is 2.36. The van der Waals surface area contributed by atoms with Crippen molar-refractivity contribution in [1.82, 2.24) is 0 Å². The quantitative estimate of drug-likeness (QED) is 0.800. The van der Waals surface area contributed by atoms with Gasteiger partial charge in [0.2, 0.25) is 0 Å². The van der Waals surface area contributed by atoms with Crippen LogP contribution in [0.25, 0.3) is 0 Å². The van der Waals surface area contributed by atoms with Gasteiger partial charge in [-0.15, -0.1) is 0 Å². The van der Waals surface area contributed by atoms with Crippen molar-refractivity contribution in [3.8, 4) is 11.5 Å². The molecule has 0 aliphatic heterocycles. The first-order valence-corrected chi connectivity index (χ1v) is 5.89. The van der Waals surface area contributed by atoms with Crippen LogP contribution >= 0.6 is 0 Å². The number of methoxy groups -OCH3 is 2. The molecular formula is C14H18O5.